The number of amides is 1. The monoisotopic (exact) mass is 378 g/mol. The first-order valence-corrected chi connectivity index (χ1v) is 9.33. The van der Waals surface area contributed by atoms with Crippen LogP contribution in [-0.4, -0.2) is 18.5 Å². The number of nitriles is 1. The van der Waals surface area contributed by atoms with Crippen LogP contribution in [0.1, 0.15) is 33.3 Å². The predicted octanol–water partition coefficient (Wildman–Crippen LogP) is 4.44. The maximum Gasteiger partial charge on any atom is 0.348 e. The van der Waals surface area contributed by atoms with Crippen LogP contribution in [0.3, 0.4) is 0 Å². The van der Waals surface area contributed by atoms with Crippen molar-refractivity contribution >= 4 is 39.0 Å². The van der Waals surface area contributed by atoms with Crippen molar-refractivity contribution < 1.29 is 14.3 Å². The molecule has 0 radical (unpaired) electrons. The van der Waals surface area contributed by atoms with Crippen molar-refractivity contribution in [3.63, 3.8) is 0 Å². The molecule has 0 aliphatic rings. The maximum absolute atomic E-state index is 12.6. The summed E-state index contributed by atoms with van der Waals surface area (Å²) >= 11 is 1.07. The molecule has 0 aliphatic heterocycles. The minimum absolute atomic E-state index is 0.178. The largest absolute Gasteiger partial charge is 0.462 e. The van der Waals surface area contributed by atoms with Crippen molar-refractivity contribution in [3.05, 3.63) is 64.0 Å². The minimum atomic E-state index is -0.481. The molecule has 2 aromatic carbocycles. The molecule has 3 rings (SSSR count). The molecule has 1 heterocycles. The van der Waals surface area contributed by atoms with Gasteiger partial charge in [0.1, 0.15) is 15.9 Å². The van der Waals surface area contributed by atoms with Crippen molar-refractivity contribution in [2.24, 2.45) is 0 Å². The quantitative estimate of drug-likeness (QED) is 0.666. The number of benzene rings is 2. The molecule has 27 heavy (non-hydrogen) atoms. The molecule has 1 aromatic heterocycles. The second kappa shape index (κ2) is 8.02. The van der Waals surface area contributed by atoms with Crippen molar-refractivity contribution in [3.8, 4) is 6.07 Å². The number of ether oxygens (including phenoxy) is 1. The third-order valence-electron chi connectivity index (χ3n) is 4.20. The van der Waals surface area contributed by atoms with Crippen LogP contribution in [0.2, 0.25) is 0 Å². The summed E-state index contributed by atoms with van der Waals surface area (Å²) in [5, 5.41) is 14.7. The van der Waals surface area contributed by atoms with Crippen LogP contribution in [0.4, 0.5) is 5.00 Å². The molecule has 0 aliphatic carbocycles. The Hall–Kier alpha value is -3.17. The number of hydrogen-bond donors (Lipinski definition) is 1. The van der Waals surface area contributed by atoms with Crippen LogP contribution in [0, 0.1) is 18.3 Å². The molecule has 5 nitrogen and oxygen atoms in total. The molecule has 0 atom stereocenters. The average Bonchev–Trinajstić information content (AvgIpc) is 2.97. The van der Waals surface area contributed by atoms with E-state index in [9.17, 15) is 14.9 Å². The topological polar surface area (TPSA) is 79.2 Å². The van der Waals surface area contributed by atoms with Crippen molar-refractivity contribution in [1.82, 2.24) is 0 Å². The molecule has 0 fully saturated rings. The molecule has 1 N–H and O–H groups in total. The maximum atomic E-state index is 12.6. The highest BCUT2D eigenvalue weighted by Crippen LogP contribution is 2.33. The van der Waals surface area contributed by atoms with Gasteiger partial charge in [0.25, 0.3) is 0 Å². The fourth-order valence-electron chi connectivity index (χ4n) is 2.92. The fraction of sp³-hybridized carbons (Fsp3) is 0.190. The molecule has 6 heteroatoms. The molecule has 3 aromatic rings. The summed E-state index contributed by atoms with van der Waals surface area (Å²) in [6, 6.07) is 15.8. The van der Waals surface area contributed by atoms with Gasteiger partial charge in [-0.05, 0) is 35.7 Å². The van der Waals surface area contributed by atoms with Crippen molar-refractivity contribution in [2.45, 2.75) is 20.3 Å². The zero-order chi connectivity index (χ0) is 19.4. The molecule has 0 saturated carbocycles. The summed E-state index contributed by atoms with van der Waals surface area (Å²) in [6.45, 7) is 3.65. The van der Waals surface area contributed by atoms with Gasteiger partial charge in [0, 0.05) is 0 Å². The SMILES string of the molecule is CCOC(=O)c1sc(NC(=O)Cc2cccc3ccccc23)c(C#N)c1C. The molecule has 0 bridgehead atoms. The summed E-state index contributed by atoms with van der Waals surface area (Å²) in [6.07, 6.45) is 0.178. The Bertz CT molecular complexity index is 1060. The first-order chi connectivity index (χ1) is 13.0. The van der Waals surface area contributed by atoms with Crippen molar-refractivity contribution in [2.75, 3.05) is 11.9 Å². The third-order valence-corrected chi connectivity index (χ3v) is 5.39. The van der Waals surface area contributed by atoms with Gasteiger partial charge in [0.05, 0.1) is 18.6 Å². The van der Waals surface area contributed by atoms with Crippen LogP contribution in [0.25, 0.3) is 10.8 Å². The second-order valence-electron chi connectivity index (χ2n) is 5.96. The lowest BCUT2D eigenvalue weighted by molar-refractivity contribution is -0.115. The molecule has 0 saturated heterocycles. The van der Waals surface area contributed by atoms with Crippen LogP contribution >= 0.6 is 11.3 Å². The lowest BCUT2D eigenvalue weighted by Crippen LogP contribution is -2.14. The molecular weight excluding hydrogens is 360 g/mol. The van der Waals surface area contributed by atoms with E-state index in [0.29, 0.717) is 21.0 Å². The number of rotatable bonds is 5. The summed E-state index contributed by atoms with van der Waals surface area (Å²) in [5.74, 6) is -0.717. The van der Waals surface area contributed by atoms with E-state index in [0.717, 1.165) is 27.7 Å². The number of hydrogen-bond acceptors (Lipinski definition) is 5. The lowest BCUT2D eigenvalue weighted by atomic mass is 10.0. The van der Waals surface area contributed by atoms with Gasteiger partial charge in [-0.2, -0.15) is 5.26 Å². The summed E-state index contributed by atoms with van der Waals surface area (Å²) < 4.78 is 5.02. The van der Waals surface area contributed by atoms with E-state index in [2.05, 4.69) is 11.4 Å². The first-order valence-electron chi connectivity index (χ1n) is 8.52. The van der Waals surface area contributed by atoms with Crippen LogP contribution < -0.4 is 5.32 Å². The summed E-state index contributed by atoms with van der Waals surface area (Å²) in [5.41, 5.74) is 1.73. The molecule has 0 unspecified atom stereocenters. The van der Waals surface area contributed by atoms with E-state index < -0.39 is 5.97 Å². The zero-order valence-corrected chi connectivity index (χ0v) is 15.9. The number of thiophene rings is 1. The second-order valence-corrected chi connectivity index (χ2v) is 6.98. The van der Waals surface area contributed by atoms with E-state index in [1.54, 1.807) is 13.8 Å². The third kappa shape index (κ3) is 3.83. The zero-order valence-electron chi connectivity index (χ0n) is 15.0. The lowest BCUT2D eigenvalue weighted by Gasteiger charge is -2.07. The van der Waals surface area contributed by atoms with Gasteiger partial charge in [-0.15, -0.1) is 11.3 Å². The predicted molar refractivity (Wildman–Crippen MR) is 106 cm³/mol. The number of esters is 1. The minimum Gasteiger partial charge on any atom is -0.462 e. The normalized spacial score (nSPS) is 10.4. The van der Waals surface area contributed by atoms with Gasteiger partial charge in [-0.25, -0.2) is 4.79 Å². The Balaban J connectivity index is 1.85. The van der Waals surface area contributed by atoms with Crippen LogP contribution in [0.5, 0.6) is 0 Å². The van der Waals surface area contributed by atoms with Gasteiger partial charge < -0.3 is 10.1 Å². The molecular formula is C21H18N2O3S. The first kappa shape index (κ1) is 18.6. The van der Waals surface area contributed by atoms with Crippen LogP contribution in [-0.2, 0) is 16.0 Å². The Labute approximate surface area is 161 Å². The molecule has 136 valence electrons. The van der Waals surface area contributed by atoms with E-state index >= 15 is 0 Å². The molecule has 1 amide bonds. The highest BCUT2D eigenvalue weighted by atomic mass is 32.1. The number of carbonyl (C=O) groups is 2. The van der Waals surface area contributed by atoms with E-state index in [-0.39, 0.29) is 18.9 Å². The standard InChI is InChI=1S/C21H18N2O3S/c1-3-26-21(25)19-13(2)17(12-22)20(27-19)23-18(24)11-15-9-6-8-14-7-4-5-10-16(14)15/h4-10H,3,11H2,1-2H3,(H,23,24). The van der Waals surface area contributed by atoms with E-state index in [1.165, 1.54) is 0 Å². The average molecular weight is 378 g/mol. The smallest absolute Gasteiger partial charge is 0.348 e. The highest BCUT2D eigenvalue weighted by Gasteiger charge is 2.22. The van der Waals surface area contributed by atoms with Gasteiger partial charge in [0.15, 0.2) is 0 Å². The van der Waals surface area contributed by atoms with Gasteiger partial charge in [-0.1, -0.05) is 42.5 Å². The van der Waals surface area contributed by atoms with E-state index in [4.69, 9.17) is 4.74 Å². The number of fused-ring (bicyclic) bond motifs is 1. The fourth-order valence-corrected chi connectivity index (χ4v) is 3.99. The van der Waals surface area contributed by atoms with Crippen LogP contribution in [0.15, 0.2) is 42.5 Å². The number of nitrogens with zero attached hydrogens (tertiary/aromatic N) is 1. The highest BCUT2D eigenvalue weighted by molar-refractivity contribution is 7.18. The Kier molecular flexibility index (Phi) is 5.53. The van der Waals surface area contributed by atoms with Crippen molar-refractivity contribution in [1.29, 1.82) is 5.26 Å². The number of nitrogens with one attached hydrogen (secondary N) is 1. The Morgan fingerprint density at radius 3 is 2.67 bits per heavy atom. The molecule has 0 spiro atoms. The van der Waals surface area contributed by atoms with Gasteiger partial charge in [0.2, 0.25) is 5.91 Å². The Morgan fingerprint density at radius 1 is 1.19 bits per heavy atom. The Morgan fingerprint density at radius 2 is 1.93 bits per heavy atom. The van der Waals surface area contributed by atoms with Gasteiger partial charge in [-0.3, -0.25) is 4.79 Å². The number of anilines is 1. The summed E-state index contributed by atoms with van der Waals surface area (Å²) in [4.78, 5) is 25.0. The summed E-state index contributed by atoms with van der Waals surface area (Å²) in [7, 11) is 0. The van der Waals surface area contributed by atoms with E-state index in [1.807, 2.05) is 42.5 Å². The van der Waals surface area contributed by atoms with Gasteiger partial charge >= 0.3 is 5.97 Å². The number of carbonyl (C=O) groups excluding carboxylic acids is 2.